The molecule has 150 valence electrons. The molecule has 3 heterocycles. The minimum absolute atomic E-state index is 0.0502. The Morgan fingerprint density at radius 3 is 2.97 bits per heavy atom. The Balaban J connectivity index is 1.44. The maximum absolute atomic E-state index is 13.0. The number of ether oxygens (including phenoxy) is 1. The van der Waals surface area contributed by atoms with Crippen molar-refractivity contribution in [3.05, 3.63) is 59.6 Å². The predicted octanol–water partition coefficient (Wildman–Crippen LogP) is 3.54. The highest BCUT2D eigenvalue weighted by Crippen LogP contribution is 2.25. The number of piperidine rings is 1. The molecule has 2 aromatic heterocycles. The number of benzene rings is 1. The molecule has 29 heavy (non-hydrogen) atoms. The van der Waals surface area contributed by atoms with Gasteiger partial charge in [0.2, 0.25) is 17.6 Å². The number of nitrogens with zero attached hydrogens (tertiary/aromatic N) is 4. The normalized spacial score (nSPS) is 16.6. The Kier molecular flexibility index (Phi) is 5.55. The minimum atomic E-state index is -0.0502. The first-order valence-electron chi connectivity index (χ1n) is 9.82. The topological polar surface area (TPSA) is 81.4 Å². The Hall–Kier alpha value is -3.22. The number of hydrogen-bond donors (Lipinski definition) is 0. The van der Waals surface area contributed by atoms with Crippen LogP contribution in [0, 0.1) is 12.8 Å². The Labute approximate surface area is 169 Å². The molecule has 0 unspecified atom stereocenters. The van der Waals surface area contributed by atoms with Gasteiger partial charge in [0.15, 0.2) is 0 Å². The van der Waals surface area contributed by atoms with Crippen LogP contribution in [0.4, 0.5) is 0 Å². The van der Waals surface area contributed by atoms with Gasteiger partial charge in [0, 0.05) is 31.3 Å². The molecule has 0 spiro atoms. The molecule has 0 aliphatic carbocycles. The number of likely N-dealkylation sites (tertiary alicyclic amines) is 1. The lowest BCUT2D eigenvalue weighted by Crippen LogP contribution is -2.40. The van der Waals surface area contributed by atoms with E-state index in [1.54, 1.807) is 18.3 Å². The van der Waals surface area contributed by atoms with Crippen LogP contribution in [0.1, 0.15) is 34.7 Å². The second-order valence-corrected chi connectivity index (χ2v) is 7.35. The number of methoxy groups -OCH3 is 1. The van der Waals surface area contributed by atoms with Crippen LogP contribution in [0.15, 0.2) is 47.1 Å². The van der Waals surface area contributed by atoms with Crippen molar-refractivity contribution in [2.45, 2.75) is 26.2 Å². The average Bonchev–Trinajstić information content (AvgIpc) is 3.22. The van der Waals surface area contributed by atoms with Crippen LogP contribution in [0.5, 0.6) is 5.88 Å². The number of amides is 1. The standard InChI is InChI=1S/C22H24N4O3/c1-15-7-3-4-9-17(15)20-24-19(29-25-20)13-16-8-6-12-26(14-16)22(27)18-10-5-11-23-21(18)28-2/h3-5,7,9-11,16H,6,8,12-14H2,1-2H3/t16-/m0/s1. The predicted molar refractivity (Wildman–Crippen MR) is 108 cm³/mol. The third-order valence-electron chi connectivity index (χ3n) is 5.32. The molecule has 7 nitrogen and oxygen atoms in total. The van der Waals surface area contributed by atoms with Crippen LogP contribution in [0.25, 0.3) is 11.4 Å². The number of rotatable bonds is 5. The first-order chi connectivity index (χ1) is 14.2. The van der Waals surface area contributed by atoms with Crippen molar-refractivity contribution in [1.29, 1.82) is 0 Å². The highest BCUT2D eigenvalue weighted by molar-refractivity contribution is 5.96. The van der Waals surface area contributed by atoms with Crippen LogP contribution in [0.3, 0.4) is 0 Å². The van der Waals surface area contributed by atoms with Gasteiger partial charge in [0.05, 0.1) is 7.11 Å². The average molecular weight is 392 g/mol. The van der Waals surface area contributed by atoms with Crippen molar-refractivity contribution in [2.24, 2.45) is 5.92 Å². The number of carbonyl (C=O) groups is 1. The van der Waals surface area contributed by atoms with Gasteiger partial charge < -0.3 is 14.2 Å². The molecule has 1 amide bonds. The largest absolute Gasteiger partial charge is 0.480 e. The molecular formula is C22H24N4O3. The molecule has 0 saturated carbocycles. The zero-order valence-corrected chi connectivity index (χ0v) is 16.7. The molecule has 1 aliphatic heterocycles. The third-order valence-corrected chi connectivity index (χ3v) is 5.32. The van der Waals surface area contributed by atoms with Gasteiger partial charge >= 0.3 is 0 Å². The lowest BCUT2D eigenvalue weighted by atomic mass is 9.94. The summed E-state index contributed by atoms with van der Waals surface area (Å²) < 4.78 is 10.7. The van der Waals surface area contributed by atoms with E-state index in [1.807, 2.05) is 36.1 Å². The number of pyridine rings is 1. The van der Waals surface area contributed by atoms with Gasteiger partial charge in [-0.15, -0.1) is 0 Å². The zero-order valence-electron chi connectivity index (χ0n) is 16.7. The van der Waals surface area contributed by atoms with Gasteiger partial charge in [-0.25, -0.2) is 4.98 Å². The second-order valence-electron chi connectivity index (χ2n) is 7.35. The van der Waals surface area contributed by atoms with Crippen molar-refractivity contribution in [3.8, 4) is 17.3 Å². The van der Waals surface area contributed by atoms with Crippen LogP contribution < -0.4 is 4.74 Å². The molecule has 1 atom stereocenters. The fraction of sp³-hybridized carbons (Fsp3) is 0.364. The second kappa shape index (κ2) is 8.43. The van der Waals surface area contributed by atoms with Crippen molar-refractivity contribution in [2.75, 3.05) is 20.2 Å². The first kappa shape index (κ1) is 19.1. The van der Waals surface area contributed by atoms with E-state index >= 15 is 0 Å². The molecule has 1 aromatic carbocycles. The highest BCUT2D eigenvalue weighted by atomic mass is 16.5. The fourth-order valence-corrected chi connectivity index (χ4v) is 3.82. The SMILES string of the molecule is COc1ncccc1C(=O)N1CCC[C@@H](Cc2nc(-c3ccccc3C)no2)C1. The maximum atomic E-state index is 13.0. The van der Waals surface area contributed by atoms with E-state index in [4.69, 9.17) is 9.26 Å². The summed E-state index contributed by atoms with van der Waals surface area (Å²) in [5.74, 6) is 1.81. The summed E-state index contributed by atoms with van der Waals surface area (Å²) in [5.41, 5.74) is 2.58. The molecule has 0 bridgehead atoms. The zero-order chi connectivity index (χ0) is 20.2. The Morgan fingerprint density at radius 2 is 2.14 bits per heavy atom. The number of aromatic nitrogens is 3. The lowest BCUT2D eigenvalue weighted by molar-refractivity contribution is 0.0664. The van der Waals surface area contributed by atoms with Gasteiger partial charge in [-0.1, -0.05) is 29.4 Å². The third kappa shape index (κ3) is 4.13. The molecule has 0 radical (unpaired) electrons. The van der Waals surface area contributed by atoms with Crippen molar-refractivity contribution in [1.82, 2.24) is 20.0 Å². The van der Waals surface area contributed by atoms with Crippen LogP contribution in [-0.4, -0.2) is 46.1 Å². The molecule has 4 rings (SSSR count). The van der Waals surface area contributed by atoms with Gasteiger partial charge in [-0.3, -0.25) is 4.79 Å². The summed E-state index contributed by atoms with van der Waals surface area (Å²) >= 11 is 0. The summed E-state index contributed by atoms with van der Waals surface area (Å²) in [6.45, 7) is 3.41. The summed E-state index contributed by atoms with van der Waals surface area (Å²) in [6, 6.07) is 11.5. The van der Waals surface area contributed by atoms with E-state index < -0.39 is 0 Å². The maximum Gasteiger partial charge on any atom is 0.259 e. The van der Waals surface area contributed by atoms with Crippen LogP contribution in [0.2, 0.25) is 0 Å². The molecule has 1 aliphatic rings. The minimum Gasteiger partial charge on any atom is -0.480 e. The molecule has 1 fully saturated rings. The number of hydrogen-bond acceptors (Lipinski definition) is 6. The molecule has 3 aromatic rings. The van der Waals surface area contributed by atoms with Crippen LogP contribution in [-0.2, 0) is 6.42 Å². The first-order valence-corrected chi connectivity index (χ1v) is 9.82. The van der Waals surface area contributed by atoms with Gasteiger partial charge in [-0.05, 0) is 43.4 Å². The van der Waals surface area contributed by atoms with E-state index in [1.165, 1.54) is 7.11 Å². The molecular weight excluding hydrogens is 368 g/mol. The number of carbonyl (C=O) groups excluding carboxylic acids is 1. The summed E-state index contributed by atoms with van der Waals surface area (Å²) in [6.07, 6.45) is 4.25. The van der Waals surface area contributed by atoms with Gasteiger partial charge in [0.1, 0.15) is 5.56 Å². The Bertz CT molecular complexity index is 1000. The van der Waals surface area contributed by atoms with E-state index in [0.29, 0.717) is 36.1 Å². The van der Waals surface area contributed by atoms with E-state index in [0.717, 1.165) is 30.5 Å². The number of aryl methyl sites for hydroxylation is 1. The fourth-order valence-electron chi connectivity index (χ4n) is 3.82. The monoisotopic (exact) mass is 392 g/mol. The highest BCUT2D eigenvalue weighted by Gasteiger charge is 2.28. The van der Waals surface area contributed by atoms with Crippen molar-refractivity contribution < 1.29 is 14.1 Å². The quantitative estimate of drug-likeness (QED) is 0.661. The van der Waals surface area contributed by atoms with E-state index in [2.05, 4.69) is 15.1 Å². The smallest absolute Gasteiger partial charge is 0.259 e. The van der Waals surface area contributed by atoms with Gasteiger partial charge in [0.25, 0.3) is 5.91 Å². The molecule has 0 N–H and O–H groups in total. The lowest BCUT2D eigenvalue weighted by Gasteiger charge is -2.32. The van der Waals surface area contributed by atoms with Crippen molar-refractivity contribution >= 4 is 5.91 Å². The van der Waals surface area contributed by atoms with E-state index in [-0.39, 0.29) is 11.8 Å². The molecule has 7 heteroatoms. The Morgan fingerprint density at radius 1 is 1.28 bits per heavy atom. The summed E-state index contributed by atoms with van der Waals surface area (Å²) in [4.78, 5) is 23.5. The van der Waals surface area contributed by atoms with Crippen molar-refractivity contribution in [3.63, 3.8) is 0 Å². The summed E-state index contributed by atoms with van der Waals surface area (Å²) in [7, 11) is 1.53. The molecule has 1 saturated heterocycles. The van der Waals surface area contributed by atoms with Gasteiger partial charge in [-0.2, -0.15) is 4.98 Å². The summed E-state index contributed by atoms with van der Waals surface area (Å²) in [5, 5.41) is 4.15. The van der Waals surface area contributed by atoms with Crippen LogP contribution >= 0.6 is 0 Å². The van der Waals surface area contributed by atoms with E-state index in [9.17, 15) is 4.79 Å².